The molecule has 15 heavy (non-hydrogen) atoms. The lowest BCUT2D eigenvalue weighted by molar-refractivity contribution is 0.347. The summed E-state index contributed by atoms with van der Waals surface area (Å²) in [6.45, 7) is 6.01. The second-order valence-electron chi connectivity index (χ2n) is 4.11. The van der Waals surface area contributed by atoms with Gasteiger partial charge in [0.2, 0.25) is 10.0 Å². The van der Waals surface area contributed by atoms with Gasteiger partial charge in [0.05, 0.1) is 5.75 Å². The van der Waals surface area contributed by atoms with Crippen molar-refractivity contribution in [2.75, 3.05) is 12.3 Å². The van der Waals surface area contributed by atoms with Crippen LogP contribution in [0.25, 0.3) is 0 Å². The Morgan fingerprint density at radius 3 is 2.47 bits per heavy atom. The van der Waals surface area contributed by atoms with E-state index in [9.17, 15) is 8.42 Å². The van der Waals surface area contributed by atoms with Crippen LogP contribution in [0.15, 0.2) is 12.7 Å². The molecule has 1 rings (SSSR count). The minimum absolute atomic E-state index is 0.222. The van der Waals surface area contributed by atoms with Gasteiger partial charge >= 0.3 is 0 Å². The Morgan fingerprint density at radius 2 is 2.00 bits per heavy atom. The van der Waals surface area contributed by atoms with Gasteiger partial charge in [-0.25, -0.2) is 8.42 Å². The average Bonchev–Trinajstić information content (AvgIpc) is 2.66. The Balaban J connectivity index is 2.75. The van der Waals surface area contributed by atoms with E-state index in [1.807, 2.05) is 6.92 Å². The van der Waals surface area contributed by atoms with Crippen LogP contribution in [0.2, 0.25) is 0 Å². The first-order chi connectivity index (χ1) is 7.11. The van der Waals surface area contributed by atoms with Crippen molar-refractivity contribution < 1.29 is 8.42 Å². The largest absolute Gasteiger partial charge is 0.214 e. The molecule has 0 N–H and O–H groups in total. The lowest BCUT2D eigenvalue weighted by Gasteiger charge is -2.26. The van der Waals surface area contributed by atoms with Crippen LogP contribution in [-0.4, -0.2) is 31.1 Å². The van der Waals surface area contributed by atoms with Crippen LogP contribution in [0.3, 0.4) is 0 Å². The predicted molar refractivity (Wildman–Crippen MR) is 63.2 cm³/mol. The van der Waals surface area contributed by atoms with Crippen molar-refractivity contribution >= 4 is 10.0 Å². The molecule has 1 fully saturated rings. The smallest absolute Gasteiger partial charge is 0.212 e. The molecule has 0 spiro atoms. The van der Waals surface area contributed by atoms with Gasteiger partial charge in [-0.1, -0.05) is 25.8 Å². The summed E-state index contributed by atoms with van der Waals surface area (Å²) in [5.41, 5.74) is 0. The molecule has 0 heterocycles. The van der Waals surface area contributed by atoms with E-state index >= 15 is 0 Å². The van der Waals surface area contributed by atoms with E-state index in [4.69, 9.17) is 0 Å². The summed E-state index contributed by atoms with van der Waals surface area (Å²) >= 11 is 0. The van der Waals surface area contributed by atoms with E-state index in [0.29, 0.717) is 13.0 Å². The summed E-state index contributed by atoms with van der Waals surface area (Å²) in [6, 6.07) is 0.222. The number of hydrogen-bond acceptors (Lipinski definition) is 2. The van der Waals surface area contributed by atoms with Crippen molar-refractivity contribution in [2.45, 2.75) is 45.1 Å². The molecular weight excluding hydrogens is 210 g/mol. The normalized spacial score (nSPS) is 18.5. The third-order valence-electron chi connectivity index (χ3n) is 2.86. The van der Waals surface area contributed by atoms with Crippen molar-refractivity contribution in [3.63, 3.8) is 0 Å². The minimum Gasteiger partial charge on any atom is -0.212 e. The van der Waals surface area contributed by atoms with E-state index in [1.54, 1.807) is 10.4 Å². The number of rotatable bonds is 6. The summed E-state index contributed by atoms with van der Waals surface area (Å²) < 4.78 is 25.6. The maximum atomic E-state index is 12.0. The fraction of sp³-hybridized carbons (Fsp3) is 0.818. The first-order valence-corrected chi connectivity index (χ1v) is 7.33. The van der Waals surface area contributed by atoms with Crippen LogP contribution in [0.1, 0.15) is 39.0 Å². The van der Waals surface area contributed by atoms with Gasteiger partial charge in [-0.3, -0.25) is 0 Å². The SMILES string of the molecule is C=CCN(C1CCCC1)S(=O)(=O)CCC. The summed E-state index contributed by atoms with van der Waals surface area (Å²) in [4.78, 5) is 0. The first kappa shape index (κ1) is 12.7. The van der Waals surface area contributed by atoms with E-state index in [2.05, 4.69) is 6.58 Å². The molecule has 4 heteroatoms. The van der Waals surface area contributed by atoms with Gasteiger partial charge in [-0.2, -0.15) is 4.31 Å². The zero-order chi connectivity index (χ0) is 11.3. The van der Waals surface area contributed by atoms with Crippen LogP contribution < -0.4 is 0 Å². The Kier molecular flexibility index (Phi) is 4.80. The molecule has 88 valence electrons. The fourth-order valence-electron chi connectivity index (χ4n) is 2.18. The van der Waals surface area contributed by atoms with Crippen molar-refractivity contribution in [1.29, 1.82) is 0 Å². The molecule has 0 unspecified atom stereocenters. The predicted octanol–water partition coefficient (Wildman–Crippen LogP) is 2.16. The monoisotopic (exact) mass is 231 g/mol. The highest BCUT2D eigenvalue weighted by atomic mass is 32.2. The van der Waals surface area contributed by atoms with Gasteiger partial charge in [-0.05, 0) is 19.3 Å². The second-order valence-corrected chi connectivity index (χ2v) is 6.15. The van der Waals surface area contributed by atoms with Crippen LogP contribution in [0.5, 0.6) is 0 Å². The topological polar surface area (TPSA) is 37.4 Å². The van der Waals surface area contributed by atoms with Crippen molar-refractivity contribution in [2.24, 2.45) is 0 Å². The van der Waals surface area contributed by atoms with Crippen molar-refractivity contribution in [3.05, 3.63) is 12.7 Å². The molecule has 0 saturated heterocycles. The molecule has 0 radical (unpaired) electrons. The molecule has 0 amide bonds. The maximum Gasteiger partial charge on any atom is 0.214 e. The van der Waals surface area contributed by atoms with Crippen LogP contribution in [0.4, 0.5) is 0 Å². The number of sulfonamides is 1. The highest BCUT2D eigenvalue weighted by Crippen LogP contribution is 2.25. The van der Waals surface area contributed by atoms with Gasteiger partial charge in [0.25, 0.3) is 0 Å². The van der Waals surface area contributed by atoms with Crippen molar-refractivity contribution in [1.82, 2.24) is 4.31 Å². The Labute approximate surface area is 93.2 Å². The third kappa shape index (κ3) is 3.31. The minimum atomic E-state index is -3.06. The lowest BCUT2D eigenvalue weighted by atomic mass is 10.2. The Bertz CT molecular complexity index is 292. The zero-order valence-corrected chi connectivity index (χ0v) is 10.3. The zero-order valence-electron chi connectivity index (χ0n) is 9.48. The average molecular weight is 231 g/mol. The number of hydrogen-bond donors (Lipinski definition) is 0. The van der Waals surface area contributed by atoms with Crippen LogP contribution >= 0.6 is 0 Å². The summed E-state index contributed by atoms with van der Waals surface area (Å²) in [5.74, 6) is 0.261. The Hall–Kier alpha value is -0.350. The molecule has 0 aromatic rings. The molecule has 0 bridgehead atoms. The van der Waals surface area contributed by atoms with E-state index in [-0.39, 0.29) is 11.8 Å². The molecule has 0 aromatic carbocycles. The van der Waals surface area contributed by atoms with Crippen LogP contribution in [-0.2, 0) is 10.0 Å². The molecular formula is C11H21NO2S. The van der Waals surface area contributed by atoms with E-state index in [0.717, 1.165) is 25.7 Å². The van der Waals surface area contributed by atoms with Gasteiger partial charge in [0.1, 0.15) is 0 Å². The quantitative estimate of drug-likeness (QED) is 0.657. The summed E-state index contributed by atoms with van der Waals surface area (Å²) in [5, 5.41) is 0. The van der Waals surface area contributed by atoms with Crippen LogP contribution in [0, 0.1) is 0 Å². The van der Waals surface area contributed by atoms with Gasteiger partial charge in [0, 0.05) is 12.6 Å². The molecule has 0 aromatic heterocycles. The molecule has 0 atom stereocenters. The standard InChI is InChI=1S/C11H21NO2S/c1-3-9-12(11-7-5-6-8-11)15(13,14)10-4-2/h3,11H,1,4-10H2,2H3. The maximum absolute atomic E-state index is 12.0. The first-order valence-electron chi connectivity index (χ1n) is 5.72. The molecule has 1 saturated carbocycles. The van der Waals surface area contributed by atoms with E-state index < -0.39 is 10.0 Å². The highest BCUT2D eigenvalue weighted by Gasteiger charge is 2.30. The summed E-state index contributed by atoms with van der Waals surface area (Å²) in [6.07, 6.45) is 6.70. The molecule has 0 aliphatic heterocycles. The molecule has 1 aliphatic rings. The third-order valence-corrected chi connectivity index (χ3v) is 4.95. The highest BCUT2D eigenvalue weighted by molar-refractivity contribution is 7.89. The fourth-order valence-corrected chi connectivity index (χ4v) is 3.93. The number of nitrogens with zero attached hydrogens (tertiary/aromatic N) is 1. The van der Waals surface area contributed by atoms with E-state index in [1.165, 1.54) is 0 Å². The van der Waals surface area contributed by atoms with Gasteiger partial charge in [0.15, 0.2) is 0 Å². The summed E-state index contributed by atoms with van der Waals surface area (Å²) in [7, 11) is -3.06. The van der Waals surface area contributed by atoms with Gasteiger partial charge in [-0.15, -0.1) is 6.58 Å². The molecule has 3 nitrogen and oxygen atoms in total. The lowest BCUT2D eigenvalue weighted by Crippen LogP contribution is -2.40. The van der Waals surface area contributed by atoms with Gasteiger partial charge < -0.3 is 0 Å². The van der Waals surface area contributed by atoms with Crippen molar-refractivity contribution in [3.8, 4) is 0 Å². The molecule has 1 aliphatic carbocycles. The Morgan fingerprint density at radius 1 is 1.40 bits per heavy atom. The second kappa shape index (κ2) is 5.66.